The molecule has 1 fully saturated rings. The number of likely N-dealkylation sites (tertiary alicyclic amines) is 1. The molecule has 1 aliphatic carbocycles. The van der Waals surface area contributed by atoms with Crippen LogP contribution in [0.5, 0.6) is 0 Å². The molecule has 7 heteroatoms. The van der Waals surface area contributed by atoms with Gasteiger partial charge in [-0.15, -0.1) is 0 Å². The van der Waals surface area contributed by atoms with Crippen LogP contribution in [0.4, 0.5) is 11.4 Å². The SMILES string of the molecule is CCCCNC(=O)C1CC2c3cc([N+](=O)[O-])cc4c3C(CN4)CC2N(C)C1. The first-order chi connectivity index (χ1) is 13.0. The molecule has 1 amide bonds. The van der Waals surface area contributed by atoms with Crippen molar-refractivity contribution in [2.24, 2.45) is 5.92 Å². The molecule has 1 aromatic rings. The number of amides is 1. The van der Waals surface area contributed by atoms with Gasteiger partial charge in [-0.25, -0.2) is 0 Å². The van der Waals surface area contributed by atoms with Crippen molar-refractivity contribution in [1.82, 2.24) is 10.2 Å². The number of piperidine rings is 1. The number of rotatable bonds is 5. The van der Waals surface area contributed by atoms with Crippen LogP contribution in [0, 0.1) is 16.0 Å². The molecule has 0 spiro atoms. The van der Waals surface area contributed by atoms with Crippen LogP contribution in [0.25, 0.3) is 0 Å². The molecule has 7 nitrogen and oxygen atoms in total. The number of fused-ring (bicyclic) bond motifs is 2. The van der Waals surface area contributed by atoms with Gasteiger partial charge in [0.1, 0.15) is 0 Å². The fourth-order valence-electron chi connectivity index (χ4n) is 5.23. The van der Waals surface area contributed by atoms with Crippen molar-refractivity contribution in [3.63, 3.8) is 0 Å². The van der Waals surface area contributed by atoms with E-state index < -0.39 is 0 Å². The summed E-state index contributed by atoms with van der Waals surface area (Å²) in [6.45, 7) is 4.44. The van der Waals surface area contributed by atoms with Gasteiger partial charge in [-0.3, -0.25) is 14.9 Å². The van der Waals surface area contributed by atoms with Crippen LogP contribution in [0.15, 0.2) is 12.1 Å². The molecule has 2 heterocycles. The smallest absolute Gasteiger partial charge is 0.271 e. The average molecular weight is 372 g/mol. The van der Waals surface area contributed by atoms with Crippen molar-refractivity contribution < 1.29 is 9.72 Å². The summed E-state index contributed by atoms with van der Waals surface area (Å²) in [5, 5.41) is 17.9. The molecule has 146 valence electrons. The van der Waals surface area contributed by atoms with Gasteiger partial charge in [-0.1, -0.05) is 13.3 Å². The Hall–Kier alpha value is -2.15. The maximum absolute atomic E-state index is 12.7. The van der Waals surface area contributed by atoms with E-state index in [4.69, 9.17) is 0 Å². The van der Waals surface area contributed by atoms with Crippen molar-refractivity contribution in [3.8, 4) is 0 Å². The molecule has 0 aromatic heterocycles. The van der Waals surface area contributed by atoms with Crippen LogP contribution in [-0.2, 0) is 4.79 Å². The maximum atomic E-state index is 12.7. The number of nitrogens with one attached hydrogen (secondary N) is 2. The number of carbonyl (C=O) groups excluding carboxylic acids is 1. The number of unbranched alkanes of at least 4 members (excludes halogenated alkanes) is 1. The summed E-state index contributed by atoms with van der Waals surface area (Å²) in [6.07, 6.45) is 3.87. The third-order valence-electron chi connectivity index (χ3n) is 6.56. The average Bonchev–Trinajstić information content (AvgIpc) is 3.06. The molecule has 4 unspecified atom stereocenters. The van der Waals surface area contributed by atoms with Gasteiger partial charge in [0.15, 0.2) is 0 Å². The summed E-state index contributed by atoms with van der Waals surface area (Å²) < 4.78 is 0. The molecule has 0 bridgehead atoms. The van der Waals surface area contributed by atoms with Gasteiger partial charge in [-0.05, 0) is 37.4 Å². The van der Waals surface area contributed by atoms with E-state index in [-0.39, 0.29) is 28.4 Å². The molecular weight excluding hydrogens is 344 g/mol. The third kappa shape index (κ3) is 3.18. The predicted octanol–water partition coefficient (Wildman–Crippen LogP) is 2.83. The molecule has 2 N–H and O–H groups in total. The Morgan fingerprint density at radius 3 is 2.96 bits per heavy atom. The molecule has 0 radical (unpaired) electrons. The highest BCUT2D eigenvalue weighted by atomic mass is 16.6. The van der Waals surface area contributed by atoms with Crippen LogP contribution in [0.2, 0.25) is 0 Å². The monoisotopic (exact) mass is 372 g/mol. The number of likely N-dealkylation sites (N-methyl/N-ethyl adjacent to an activating group) is 1. The Morgan fingerprint density at radius 2 is 2.22 bits per heavy atom. The van der Waals surface area contributed by atoms with Crippen molar-refractivity contribution >= 4 is 17.3 Å². The van der Waals surface area contributed by atoms with E-state index in [1.165, 1.54) is 5.56 Å². The molecule has 4 rings (SSSR count). The molecule has 4 atom stereocenters. The van der Waals surface area contributed by atoms with Gasteiger partial charge >= 0.3 is 0 Å². The van der Waals surface area contributed by atoms with Crippen LogP contribution in [0.1, 0.15) is 55.6 Å². The lowest BCUT2D eigenvalue weighted by molar-refractivity contribution is -0.384. The molecule has 3 aliphatic rings. The fourth-order valence-corrected chi connectivity index (χ4v) is 5.23. The summed E-state index contributed by atoms with van der Waals surface area (Å²) in [7, 11) is 2.09. The van der Waals surface area contributed by atoms with E-state index >= 15 is 0 Å². The molecule has 27 heavy (non-hydrogen) atoms. The van der Waals surface area contributed by atoms with E-state index in [1.807, 2.05) is 0 Å². The zero-order valence-corrected chi connectivity index (χ0v) is 16.0. The lowest BCUT2D eigenvalue weighted by atomic mass is 9.68. The summed E-state index contributed by atoms with van der Waals surface area (Å²) >= 11 is 0. The van der Waals surface area contributed by atoms with Crippen LogP contribution >= 0.6 is 0 Å². The van der Waals surface area contributed by atoms with Crippen molar-refractivity contribution in [2.45, 2.75) is 50.5 Å². The maximum Gasteiger partial charge on any atom is 0.271 e. The quantitative estimate of drug-likeness (QED) is 0.471. The first-order valence-corrected chi connectivity index (χ1v) is 10.0. The predicted molar refractivity (Wildman–Crippen MR) is 104 cm³/mol. The van der Waals surface area contributed by atoms with Crippen LogP contribution in [-0.4, -0.2) is 48.5 Å². The summed E-state index contributed by atoms with van der Waals surface area (Å²) in [5.41, 5.74) is 3.40. The topological polar surface area (TPSA) is 87.5 Å². The Balaban J connectivity index is 1.64. The molecule has 1 aromatic carbocycles. The zero-order chi connectivity index (χ0) is 19.1. The van der Waals surface area contributed by atoms with Gasteiger partial charge in [0.2, 0.25) is 5.91 Å². The lowest BCUT2D eigenvalue weighted by Crippen LogP contribution is -2.51. The minimum atomic E-state index is -0.309. The lowest BCUT2D eigenvalue weighted by Gasteiger charge is -2.47. The van der Waals surface area contributed by atoms with E-state index in [9.17, 15) is 14.9 Å². The normalized spacial score (nSPS) is 28.8. The number of carbonyl (C=O) groups is 1. The number of nitro groups is 1. The molecule has 0 saturated carbocycles. The standard InChI is InChI=1S/C20H28N4O3/c1-3-4-5-21-20(25)13-6-15-16-8-14(24(26)27)9-17-19(16)12(10-22-17)7-18(15)23(2)11-13/h8-9,12-13,15,18,22H,3-7,10-11H2,1-2H3,(H,21,25). The molecule has 2 aliphatic heterocycles. The second-order valence-electron chi connectivity index (χ2n) is 8.26. The van der Waals surface area contributed by atoms with E-state index in [2.05, 4.69) is 29.5 Å². The van der Waals surface area contributed by atoms with Crippen molar-refractivity contribution in [2.75, 3.05) is 32.0 Å². The van der Waals surface area contributed by atoms with E-state index in [0.29, 0.717) is 12.0 Å². The largest absolute Gasteiger partial charge is 0.384 e. The van der Waals surface area contributed by atoms with Crippen LogP contribution < -0.4 is 10.6 Å². The number of anilines is 1. The second-order valence-corrected chi connectivity index (χ2v) is 8.26. The molecule has 1 saturated heterocycles. The number of hydrogen-bond donors (Lipinski definition) is 2. The highest BCUT2D eigenvalue weighted by Crippen LogP contribution is 2.52. The Bertz CT molecular complexity index is 766. The van der Waals surface area contributed by atoms with Gasteiger partial charge in [0, 0.05) is 55.3 Å². The Kier molecular flexibility index (Phi) is 4.80. The molecular formula is C20H28N4O3. The summed E-state index contributed by atoms with van der Waals surface area (Å²) in [4.78, 5) is 26.1. The summed E-state index contributed by atoms with van der Waals surface area (Å²) in [5.74, 6) is 0.648. The van der Waals surface area contributed by atoms with E-state index in [1.54, 1.807) is 12.1 Å². The van der Waals surface area contributed by atoms with Crippen molar-refractivity contribution in [3.05, 3.63) is 33.4 Å². The fraction of sp³-hybridized carbons (Fsp3) is 0.650. The summed E-state index contributed by atoms with van der Waals surface area (Å²) in [6, 6.07) is 3.78. The van der Waals surface area contributed by atoms with Crippen molar-refractivity contribution in [1.29, 1.82) is 0 Å². The highest BCUT2D eigenvalue weighted by molar-refractivity contribution is 5.79. The minimum Gasteiger partial charge on any atom is -0.384 e. The van der Waals surface area contributed by atoms with Gasteiger partial charge < -0.3 is 15.5 Å². The minimum absolute atomic E-state index is 0.0612. The zero-order valence-electron chi connectivity index (χ0n) is 16.0. The third-order valence-corrected chi connectivity index (χ3v) is 6.56. The van der Waals surface area contributed by atoms with Gasteiger partial charge in [0.05, 0.1) is 10.8 Å². The number of benzene rings is 1. The second kappa shape index (κ2) is 7.11. The number of non-ortho nitro benzene ring substituents is 1. The number of nitro benzene ring substituents is 1. The van der Waals surface area contributed by atoms with E-state index in [0.717, 1.165) is 56.6 Å². The number of hydrogen-bond acceptors (Lipinski definition) is 5. The van der Waals surface area contributed by atoms with Crippen LogP contribution in [0.3, 0.4) is 0 Å². The highest BCUT2D eigenvalue weighted by Gasteiger charge is 2.46. The number of nitrogens with zero attached hydrogens (tertiary/aromatic N) is 2. The first kappa shape index (κ1) is 18.2. The Labute approximate surface area is 159 Å². The first-order valence-electron chi connectivity index (χ1n) is 10.0. The Morgan fingerprint density at radius 1 is 1.41 bits per heavy atom. The van der Waals surface area contributed by atoms with Gasteiger partial charge in [-0.2, -0.15) is 0 Å². The van der Waals surface area contributed by atoms with Gasteiger partial charge in [0.25, 0.3) is 5.69 Å².